The third kappa shape index (κ3) is 2.40. The van der Waals surface area contributed by atoms with Crippen molar-refractivity contribution in [3.05, 3.63) is 39.9 Å². The lowest BCUT2D eigenvalue weighted by Crippen LogP contribution is -3.02. The molecule has 9 heteroatoms. The molecule has 1 aliphatic rings. The van der Waals surface area contributed by atoms with Crippen molar-refractivity contribution >= 4 is 27.5 Å². The molecule has 1 aliphatic heterocycles. The summed E-state index contributed by atoms with van der Waals surface area (Å²) in [6, 6.07) is 1.58. The van der Waals surface area contributed by atoms with Crippen LogP contribution in [0, 0.1) is 16.8 Å². The number of rotatable bonds is 2. The molecule has 98 valence electrons. The monoisotopic (exact) mass is 294 g/mol. The number of hydrogen-bond donors (Lipinski definition) is 2. The molecular weight excluding hydrogens is 286 g/mol. The molecule has 0 aromatic heterocycles. The van der Waals surface area contributed by atoms with Crippen LogP contribution < -0.4 is 10.2 Å². The number of primary sulfonamides is 1. The molecule has 18 heavy (non-hydrogen) atoms. The van der Waals surface area contributed by atoms with Crippen molar-refractivity contribution in [2.45, 2.75) is 4.90 Å². The normalized spacial score (nSPS) is 20.0. The number of halogens is 2. The molecule has 5 nitrogen and oxygen atoms in total. The third-order valence-electron chi connectivity index (χ3n) is 2.31. The van der Waals surface area contributed by atoms with E-state index in [0.29, 0.717) is 0 Å². The Labute approximate surface area is 106 Å². The summed E-state index contributed by atoms with van der Waals surface area (Å²) in [5, 5.41) is 17.3. The molecule has 2 rings (SSSR count). The predicted octanol–water partition coefficient (Wildman–Crippen LogP) is -0.00240. The lowest BCUT2D eigenvalue weighted by Gasteiger charge is -2.18. The molecule has 1 unspecified atom stereocenters. The molecule has 0 saturated carbocycles. The summed E-state index contributed by atoms with van der Waals surface area (Å²) in [4.78, 5) is -1.19. The van der Waals surface area contributed by atoms with Gasteiger partial charge in [0.2, 0.25) is 10.0 Å². The smallest absolute Gasteiger partial charge is 0.243 e. The molecular formula is C9H8F2N2O3S2. The Morgan fingerprint density at radius 1 is 1.33 bits per heavy atom. The van der Waals surface area contributed by atoms with E-state index in [1.807, 2.05) is 0 Å². The van der Waals surface area contributed by atoms with Crippen LogP contribution in [0.15, 0.2) is 22.4 Å². The first-order valence-electron chi connectivity index (χ1n) is 4.68. The van der Waals surface area contributed by atoms with Gasteiger partial charge in [-0.3, -0.25) is 0 Å². The second-order valence-electron chi connectivity index (χ2n) is 3.58. The highest BCUT2D eigenvalue weighted by Crippen LogP contribution is 2.24. The lowest BCUT2D eigenvalue weighted by atomic mass is 10.1. The Morgan fingerprint density at radius 3 is 2.28 bits per heavy atom. The highest BCUT2D eigenvalue weighted by Gasteiger charge is 2.25. The van der Waals surface area contributed by atoms with Crippen LogP contribution in [0.5, 0.6) is 0 Å². The number of sulfonamides is 1. The van der Waals surface area contributed by atoms with Gasteiger partial charge in [0.1, 0.15) is 23.2 Å². The van der Waals surface area contributed by atoms with Gasteiger partial charge in [-0.1, -0.05) is 11.8 Å². The highest BCUT2D eigenvalue weighted by molar-refractivity contribution is 8.02. The van der Waals surface area contributed by atoms with Gasteiger partial charge in [0.15, 0.2) is 4.90 Å². The first-order valence-corrected chi connectivity index (χ1v) is 7.27. The Bertz CT molecular complexity index is 608. The van der Waals surface area contributed by atoms with Crippen molar-refractivity contribution in [2.75, 3.05) is 5.88 Å². The van der Waals surface area contributed by atoms with Gasteiger partial charge in [0.25, 0.3) is 0 Å². The van der Waals surface area contributed by atoms with Gasteiger partial charge in [0, 0.05) is 11.0 Å². The lowest BCUT2D eigenvalue weighted by molar-refractivity contribution is -0.750. The molecule has 1 aromatic carbocycles. The van der Waals surface area contributed by atoms with Crippen LogP contribution in [0.2, 0.25) is 0 Å². The zero-order chi connectivity index (χ0) is 13.5. The van der Waals surface area contributed by atoms with Gasteiger partial charge in [-0.05, 0) is 12.1 Å². The molecule has 0 spiro atoms. The van der Waals surface area contributed by atoms with Gasteiger partial charge in [-0.15, -0.1) is 0 Å². The van der Waals surface area contributed by atoms with E-state index in [9.17, 15) is 22.4 Å². The SMILES string of the molecule is NS(=O)(=O)c1c(F)cc(C2=CSC[NH+]2[O-])cc1F. The second-order valence-corrected chi connectivity index (χ2v) is 5.94. The van der Waals surface area contributed by atoms with Crippen LogP contribution in [-0.4, -0.2) is 14.3 Å². The van der Waals surface area contributed by atoms with E-state index >= 15 is 0 Å². The third-order valence-corrected chi connectivity index (χ3v) is 4.10. The summed E-state index contributed by atoms with van der Waals surface area (Å²) in [5.41, 5.74) is 0.172. The topological polar surface area (TPSA) is 87.7 Å². The first-order chi connectivity index (χ1) is 8.30. The van der Waals surface area contributed by atoms with Gasteiger partial charge in [-0.2, -0.15) is 0 Å². The molecule has 1 heterocycles. The fourth-order valence-corrected chi connectivity index (χ4v) is 3.05. The predicted molar refractivity (Wildman–Crippen MR) is 62.5 cm³/mol. The number of quaternary nitrogens is 1. The fourth-order valence-electron chi connectivity index (χ4n) is 1.56. The van der Waals surface area contributed by atoms with E-state index in [1.165, 1.54) is 17.2 Å². The molecule has 0 aliphatic carbocycles. The van der Waals surface area contributed by atoms with Crippen molar-refractivity contribution < 1.29 is 22.3 Å². The summed E-state index contributed by atoms with van der Waals surface area (Å²) in [5.74, 6) is -2.41. The average Bonchev–Trinajstić information content (AvgIpc) is 2.60. The van der Waals surface area contributed by atoms with Crippen molar-refractivity contribution in [2.24, 2.45) is 5.14 Å². The Balaban J connectivity index is 2.57. The summed E-state index contributed by atoms with van der Waals surface area (Å²) < 4.78 is 49.1. The minimum Gasteiger partial charge on any atom is -0.628 e. The van der Waals surface area contributed by atoms with E-state index in [2.05, 4.69) is 0 Å². The van der Waals surface area contributed by atoms with E-state index in [4.69, 9.17) is 5.14 Å². The second kappa shape index (κ2) is 4.59. The first kappa shape index (κ1) is 13.4. The van der Waals surface area contributed by atoms with Gasteiger partial charge in [0.05, 0.1) is 0 Å². The fraction of sp³-hybridized carbons (Fsp3) is 0.111. The molecule has 0 saturated heterocycles. The van der Waals surface area contributed by atoms with Crippen molar-refractivity contribution in [1.29, 1.82) is 0 Å². The highest BCUT2D eigenvalue weighted by atomic mass is 32.2. The van der Waals surface area contributed by atoms with Crippen LogP contribution in [0.1, 0.15) is 5.56 Å². The molecule has 1 atom stereocenters. The number of benzene rings is 1. The van der Waals surface area contributed by atoms with Gasteiger partial charge >= 0.3 is 0 Å². The Hall–Kier alpha value is -1.00. The number of nitrogens with two attached hydrogens (primary N) is 1. The minimum atomic E-state index is -4.48. The largest absolute Gasteiger partial charge is 0.628 e. The molecule has 3 N–H and O–H groups in total. The molecule has 0 fully saturated rings. The number of thioether (sulfide) groups is 1. The van der Waals surface area contributed by atoms with Crippen molar-refractivity contribution in [3.8, 4) is 0 Å². The van der Waals surface area contributed by atoms with Crippen LogP contribution in [0.3, 0.4) is 0 Å². The number of nitrogens with one attached hydrogen (secondary N) is 1. The maximum Gasteiger partial charge on any atom is 0.243 e. The summed E-state index contributed by atoms with van der Waals surface area (Å²) >= 11 is 1.21. The zero-order valence-corrected chi connectivity index (χ0v) is 10.4. The van der Waals surface area contributed by atoms with Crippen molar-refractivity contribution in [3.63, 3.8) is 0 Å². The summed E-state index contributed by atoms with van der Waals surface area (Å²) in [7, 11) is -4.48. The summed E-state index contributed by atoms with van der Waals surface area (Å²) in [6.45, 7) is 0. The maximum absolute atomic E-state index is 13.5. The number of hydroxylamine groups is 2. The van der Waals surface area contributed by atoms with E-state index in [0.717, 1.165) is 12.1 Å². The van der Waals surface area contributed by atoms with Crippen LogP contribution in [0.4, 0.5) is 8.78 Å². The van der Waals surface area contributed by atoms with Crippen LogP contribution >= 0.6 is 11.8 Å². The van der Waals surface area contributed by atoms with E-state index in [-0.39, 0.29) is 22.2 Å². The number of hydrogen-bond acceptors (Lipinski definition) is 4. The molecule has 0 bridgehead atoms. The Kier molecular flexibility index (Phi) is 3.43. The molecule has 1 aromatic rings. The van der Waals surface area contributed by atoms with Crippen LogP contribution in [-0.2, 0) is 10.0 Å². The van der Waals surface area contributed by atoms with Gasteiger partial charge < -0.3 is 10.3 Å². The van der Waals surface area contributed by atoms with E-state index in [1.54, 1.807) is 0 Å². The van der Waals surface area contributed by atoms with Crippen molar-refractivity contribution in [1.82, 2.24) is 0 Å². The maximum atomic E-state index is 13.5. The minimum absolute atomic E-state index is 0.00685. The summed E-state index contributed by atoms with van der Waals surface area (Å²) in [6.07, 6.45) is 0. The van der Waals surface area contributed by atoms with E-state index < -0.39 is 26.6 Å². The Morgan fingerprint density at radius 2 is 1.89 bits per heavy atom. The zero-order valence-electron chi connectivity index (χ0n) is 8.81. The molecule has 0 amide bonds. The van der Waals surface area contributed by atoms with Crippen LogP contribution in [0.25, 0.3) is 5.70 Å². The van der Waals surface area contributed by atoms with Gasteiger partial charge in [-0.25, -0.2) is 22.3 Å². The quantitative estimate of drug-likeness (QED) is 0.751. The molecule has 0 radical (unpaired) electrons. The standard InChI is InChI=1S/C9H8F2N2O3S2/c10-6-1-5(8-3-17-4-13(8)14)2-7(11)9(6)18(12,15)16/h1-3,13H,4H2,(H2,12,15,16). The average molecular weight is 294 g/mol.